The first-order valence-corrected chi connectivity index (χ1v) is 10.7. The van der Waals surface area contributed by atoms with Gasteiger partial charge in [0.15, 0.2) is 0 Å². The molecule has 3 rings (SSSR count). The average molecular weight is 407 g/mol. The molecule has 2 saturated carbocycles. The van der Waals surface area contributed by atoms with Gasteiger partial charge in [0, 0.05) is 12.3 Å². The fourth-order valence-electron chi connectivity index (χ4n) is 5.19. The zero-order valence-electron chi connectivity index (χ0n) is 16.9. The summed E-state index contributed by atoms with van der Waals surface area (Å²) >= 11 is 0. The Balaban J connectivity index is 1.54. The molecule has 158 valence electrons. The molecule has 0 amide bonds. The summed E-state index contributed by atoms with van der Waals surface area (Å²) in [4.78, 5) is 0. The van der Waals surface area contributed by atoms with Gasteiger partial charge in [-0.1, -0.05) is 12.2 Å². The number of nitrogens with zero attached hydrogens (tertiary/aromatic N) is 1. The second kappa shape index (κ2) is 9.32. The number of halogens is 4. The zero-order valence-corrected chi connectivity index (χ0v) is 16.9. The average Bonchev–Trinajstić information content (AvgIpc) is 2.69. The molecule has 0 aromatic heterocycles. The van der Waals surface area contributed by atoms with E-state index in [2.05, 4.69) is 6.08 Å². The van der Waals surface area contributed by atoms with Crippen LogP contribution >= 0.6 is 0 Å². The lowest BCUT2D eigenvalue weighted by atomic mass is 9.73. The summed E-state index contributed by atoms with van der Waals surface area (Å²) in [6, 6.07) is 3.98. The van der Waals surface area contributed by atoms with Gasteiger partial charge in [0.1, 0.15) is 23.3 Å². The quantitative estimate of drug-likeness (QED) is 0.366. The molecule has 0 atom stereocenters. The summed E-state index contributed by atoms with van der Waals surface area (Å²) in [6.45, 7) is 1.97. The molecule has 0 heterocycles. The zero-order chi connectivity index (χ0) is 21.0. The highest BCUT2D eigenvalue weighted by atomic mass is 19.3. The molecule has 0 saturated heterocycles. The first-order valence-electron chi connectivity index (χ1n) is 10.7. The van der Waals surface area contributed by atoms with E-state index in [0.29, 0.717) is 50.0 Å². The number of benzene rings is 1. The summed E-state index contributed by atoms with van der Waals surface area (Å²) in [5, 5.41) is 8.79. The highest BCUT2D eigenvalue weighted by molar-refractivity contribution is 5.36. The van der Waals surface area contributed by atoms with Crippen molar-refractivity contribution in [3.05, 3.63) is 47.0 Å². The van der Waals surface area contributed by atoms with Crippen LogP contribution in [0.2, 0.25) is 0 Å². The third kappa shape index (κ3) is 5.21. The van der Waals surface area contributed by atoms with E-state index < -0.39 is 29.0 Å². The normalized spacial score (nSPS) is 28.4. The molecule has 1 aromatic carbocycles. The number of hydrogen-bond donors (Lipinski definition) is 0. The third-order valence-corrected chi connectivity index (χ3v) is 6.89. The molecule has 29 heavy (non-hydrogen) atoms. The molecule has 1 nitrogen and oxygen atoms in total. The van der Waals surface area contributed by atoms with Crippen LogP contribution in [0, 0.1) is 40.7 Å². The van der Waals surface area contributed by atoms with Crippen LogP contribution in [-0.4, -0.2) is 5.92 Å². The molecule has 0 aliphatic heterocycles. The van der Waals surface area contributed by atoms with Crippen LogP contribution in [0.25, 0.3) is 0 Å². The van der Waals surface area contributed by atoms with E-state index in [9.17, 15) is 17.6 Å². The van der Waals surface area contributed by atoms with Crippen LogP contribution in [0.5, 0.6) is 0 Å². The van der Waals surface area contributed by atoms with Gasteiger partial charge in [-0.3, -0.25) is 0 Å². The Bertz CT molecular complexity index is 741. The van der Waals surface area contributed by atoms with Gasteiger partial charge in [-0.05, 0) is 93.7 Å². The van der Waals surface area contributed by atoms with Gasteiger partial charge in [0.2, 0.25) is 0 Å². The summed E-state index contributed by atoms with van der Waals surface area (Å²) < 4.78 is 57.5. The molecular weight excluding hydrogens is 378 g/mol. The summed E-state index contributed by atoms with van der Waals surface area (Å²) in [5.74, 6) is -4.48. The molecule has 2 aliphatic carbocycles. The standard InChI is InChI=1S/C24H29F4N/c1-2-3-16-6-10-20(11-7-16)24(27,28)14-17-4-8-18(9-5-17)19-12-22(25)21(15-29)23(26)13-19/h2-3,12-13,16-18,20H,4-11,14H2,1H3. The predicted molar refractivity (Wildman–Crippen MR) is 106 cm³/mol. The van der Waals surface area contributed by atoms with Crippen molar-refractivity contribution in [2.75, 3.05) is 0 Å². The van der Waals surface area contributed by atoms with Crippen molar-refractivity contribution in [3.63, 3.8) is 0 Å². The molecule has 2 fully saturated rings. The monoisotopic (exact) mass is 407 g/mol. The van der Waals surface area contributed by atoms with Gasteiger partial charge in [0.05, 0.1) is 0 Å². The van der Waals surface area contributed by atoms with Crippen molar-refractivity contribution in [3.8, 4) is 6.07 Å². The van der Waals surface area contributed by atoms with Crippen molar-refractivity contribution in [1.82, 2.24) is 0 Å². The minimum Gasteiger partial charge on any atom is -0.207 e. The lowest BCUT2D eigenvalue weighted by Gasteiger charge is -2.36. The van der Waals surface area contributed by atoms with E-state index >= 15 is 0 Å². The minimum absolute atomic E-state index is 0.0344. The topological polar surface area (TPSA) is 23.8 Å². The van der Waals surface area contributed by atoms with Crippen molar-refractivity contribution < 1.29 is 17.6 Å². The van der Waals surface area contributed by atoms with E-state index in [1.54, 1.807) is 0 Å². The number of nitriles is 1. The summed E-state index contributed by atoms with van der Waals surface area (Å²) in [6.07, 6.45) is 9.52. The molecule has 1 aromatic rings. The first-order chi connectivity index (χ1) is 13.8. The molecule has 2 aliphatic rings. The Labute approximate surface area is 170 Å². The Morgan fingerprint density at radius 1 is 1.00 bits per heavy atom. The van der Waals surface area contributed by atoms with Crippen LogP contribution in [0.15, 0.2) is 24.3 Å². The van der Waals surface area contributed by atoms with Crippen LogP contribution in [0.3, 0.4) is 0 Å². The summed E-state index contributed by atoms with van der Waals surface area (Å²) in [7, 11) is 0. The molecule has 5 heteroatoms. The second-order valence-corrected chi connectivity index (χ2v) is 8.79. The van der Waals surface area contributed by atoms with E-state index in [0.717, 1.165) is 12.8 Å². The molecule has 0 spiro atoms. The van der Waals surface area contributed by atoms with E-state index in [-0.39, 0.29) is 18.3 Å². The minimum atomic E-state index is -2.63. The van der Waals surface area contributed by atoms with E-state index in [1.807, 2.05) is 13.0 Å². The van der Waals surface area contributed by atoms with Crippen molar-refractivity contribution >= 4 is 0 Å². The van der Waals surface area contributed by atoms with Crippen LogP contribution in [-0.2, 0) is 0 Å². The second-order valence-electron chi connectivity index (χ2n) is 8.79. The van der Waals surface area contributed by atoms with Gasteiger partial charge in [0.25, 0.3) is 5.92 Å². The fourth-order valence-corrected chi connectivity index (χ4v) is 5.19. The Morgan fingerprint density at radius 3 is 2.10 bits per heavy atom. The lowest BCUT2D eigenvalue weighted by molar-refractivity contribution is -0.0939. The van der Waals surface area contributed by atoms with Crippen molar-refractivity contribution in [1.29, 1.82) is 5.26 Å². The molecule has 0 bridgehead atoms. The highest BCUT2D eigenvalue weighted by Gasteiger charge is 2.43. The number of allylic oxidation sites excluding steroid dienone is 2. The third-order valence-electron chi connectivity index (χ3n) is 6.89. The Kier molecular flexibility index (Phi) is 7.03. The van der Waals surface area contributed by atoms with Gasteiger partial charge < -0.3 is 0 Å². The van der Waals surface area contributed by atoms with E-state index in [1.165, 1.54) is 18.2 Å². The molecule has 0 N–H and O–H groups in total. The maximum Gasteiger partial charge on any atom is 0.251 e. The molecule has 0 unspecified atom stereocenters. The lowest BCUT2D eigenvalue weighted by Crippen LogP contribution is -2.34. The molecular formula is C24H29F4N. The van der Waals surface area contributed by atoms with Gasteiger partial charge in [-0.15, -0.1) is 0 Å². The number of hydrogen-bond acceptors (Lipinski definition) is 1. The predicted octanol–water partition coefficient (Wildman–Crippen LogP) is 7.52. The summed E-state index contributed by atoms with van der Waals surface area (Å²) in [5.41, 5.74) is -0.0299. The van der Waals surface area contributed by atoms with Crippen LogP contribution < -0.4 is 0 Å². The van der Waals surface area contributed by atoms with Gasteiger partial charge in [-0.2, -0.15) is 5.26 Å². The van der Waals surface area contributed by atoms with E-state index in [4.69, 9.17) is 5.26 Å². The maximum absolute atomic E-state index is 14.9. The number of rotatable bonds is 5. The fraction of sp³-hybridized carbons (Fsp3) is 0.625. The maximum atomic E-state index is 14.9. The first kappa shape index (κ1) is 21.9. The Morgan fingerprint density at radius 2 is 1.59 bits per heavy atom. The smallest absolute Gasteiger partial charge is 0.207 e. The van der Waals surface area contributed by atoms with Gasteiger partial charge >= 0.3 is 0 Å². The van der Waals surface area contributed by atoms with Crippen molar-refractivity contribution in [2.45, 2.75) is 76.6 Å². The van der Waals surface area contributed by atoms with Crippen molar-refractivity contribution in [2.24, 2.45) is 17.8 Å². The SMILES string of the molecule is CC=CC1CCC(C(F)(F)CC2CCC(c3cc(F)c(C#N)c(F)c3)CC2)CC1. The van der Waals surface area contributed by atoms with Gasteiger partial charge in [-0.25, -0.2) is 17.6 Å². The highest BCUT2D eigenvalue weighted by Crippen LogP contribution is 2.46. The van der Waals surface area contributed by atoms with Crippen LogP contribution in [0.4, 0.5) is 17.6 Å². The Hall–Kier alpha value is -1.83. The molecule has 0 radical (unpaired) electrons. The van der Waals surface area contributed by atoms with Crippen LogP contribution in [0.1, 0.15) is 81.8 Å². The largest absolute Gasteiger partial charge is 0.251 e. The number of alkyl halides is 2.